The number of amides is 3. The summed E-state index contributed by atoms with van der Waals surface area (Å²) < 4.78 is 26.9. The Labute approximate surface area is 420 Å². The molecule has 388 valence electrons. The van der Waals surface area contributed by atoms with Crippen molar-refractivity contribution in [2.45, 2.75) is 136 Å². The minimum atomic E-state index is -2.19. The highest BCUT2D eigenvalue weighted by Crippen LogP contribution is 2.42. The number of piperidine rings is 1. The number of likely N-dealkylation sites (tertiary alicyclic amines) is 1. The van der Waals surface area contributed by atoms with Gasteiger partial charge in [-0.3, -0.25) is 29.3 Å². The molecule has 17 heteroatoms. The lowest BCUT2D eigenvalue weighted by Gasteiger charge is -2.41. The van der Waals surface area contributed by atoms with Crippen LogP contribution < -0.4 is 15.6 Å². The predicted octanol–water partition coefficient (Wildman–Crippen LogP) is 5.08. The molecule has 4 aliphatic rings. The van der Waals surface area contributed by atoms with Gasteiger partial charge in [0.1, 0.15) is 6.04 Å². The Balaban J connectivity index is 1.16. The number of rotatable bonds is 11. The van der Waals surface area contributed by atoms with Gasteiger partial charge >= 0.3 is 5.97 Å². The normalized spacial score (nSPS) is 23.5. The summed E-state index contributed by atoms with van der Waals surface area (Å²) in [7, 11) is 5.54. The second-order valence-corrected chi connectivity index (χ2v) is 21.7. The van der Waals surface area contributed by atoms with Gasteiger partial charge in [0.2, 0.25) is 11.6 Å². The number of pyridine rings is 1. The van der Waals surface area contributed by atoms with Crippen LogP contribution in [0.15, 0.2) is 36.5 Å². The fraction of sp³-hybridized carbons (Fsp3) is 0.648. The van der Waals surface area contributed by atoms with Crippen LogP contribution in [0.5, 0.6) is 0 Å². The largest absolute Gasteiger partial charge is 0.462 e. The summed E-state index contributed by atoms with van der Waals surface area (Å²) >= 11 is 0. The number of aromatic nitrogens is 2. The van der Waals surface area contributed by atoms with Crippen molar-refractivity contribution in [1.82, 2.24) is 35.1 Å². The molecule has 4 aliphatic heterocycles. The van der Waals surface area contributed by atoms with Crippen molar-refractivity contribution in [3.8, 4) is 23.1 Å². The number of benzene rings is 1. The molecule has 1 aromatic carbocycles. The summed E-state index contributed by atoms with van der Waals surface area (Å²) in [5.41, 5.74) is 5.53. The highest BCUT2D eigenvalue weighted by Gasteiger charge is 2.46. The molecule has 0 radical (unpaired) electrons. The third-order valence-electron chi connectivity index (χ3n) is 15.0. The van der Waals surface area contributed by atoms with E-state index in [0.29, 0.717) is 65.0 Å². The molecular weight excluding hydrogens is 905 g/mol. The molecular formula is C54H78N8O9. The number of ether oxygens (including phenoxy) is 4. The molecule has 17 nitrogen and oxygen atoms in total. The van der Waals surface area contributed by atoms with Crippen molar-refractivity contribution >= 4 is 40.3 Å². The third-order valence-corrected chi connectivity index (χ3v) is 15.0. The average molecular weight is 983 g/mol. The number of nitrogens with zero attached hydrogens (tertiary/aromatic N) is 6. The van der Waals surface area contributed by atoms with Crippen LogP contribution >= 0.6 is 0 Å². The van der Waals surface area contributed by atoms with Crippen molar-refractivity contribution in [3.05, 3.63) is 47.8 Å². The molecule has 0 aliphatic carbocycles. The molecule has 6 heterocycles. The minimum Gasteiger partial charge on any atom is -0.462 e. The van der Waals surface area contributed by atoms with Gasteiger partial charge in [0.25, 0.3) is 11.8 Å². The second-order valence-electron chi connectivity index (χ2n) is 21.7. The summed E-state index contributed by atoms with van der Waals surface area (Å²) in [5.74, 6) is 3.21. The third kappa shape index (κ3) is 12.2. The van der Waals surface area contributed by atoms with Crippen LogP contribution in [0.4, 0.5) is 5.69 Å². The Kier molecular flexibility index (Phi) is 16.9. The van der Waals surface area contributed by atoms with Crippen LogP contribution in [0.1, 0.15) is 105 Å². The summed E-state index contributed by atoms with van der Waals surface area (Å²) in [4.78, 5) is 67.0. The van der Waals surface area contributed by atoms with Gasteiger partial charge in [-0.15, -0.1) is 0 Å². The van der Waals surface area contributed by atoms with Gasteiger partial charge in [0.05, 0.1) is 61.0 Å². The number of methoxy groups -OCH3 is 1. The molecule has 5 atom stereocenters. The number of morpholine rings is 1. The van der Waals surface area contributed by atoms with Crippen LogP contribution in [0.25, 0.3) is 22.2 Å². The van der Waals surface area contributed by atoms with Crippen LogP contribution in [-0.2, 0) is 51.1 Å². The molecule has 0 unspecified atom stereocenters. The summed E-state index contributed by atoms with van der Waals surface area (Å²) in [6.45, 7) is 19.5. The minimum absolute atomic E-state index is 0.0139. The lowest BCUT2D eigenvalue weighted by Crippen LogP contribution is -2.67. The van der Waals surface area contributed by atoms with Crippen LogP contribution in [0.2, 0.25) is 0 Å². The number of cyclic esters (lactones) is 1. The van der Waals surface area contributed by atoms with Crippen molar-refractivity contribution in [3.63, 3.8) is 0 Å². The number of carbonyl (C=O) groups is 4. The highest BCUT2D eigenvalue weighted by atomic mass is 16.6. The van der Waals surface area contributed by atoms with E-state index in [4.69, 9.17) is 23.9 Å². The zero-order valence-corrected chi connectivity index (χ0v) is 43.9. The zero-order chi connectivity index (χ0) is 51.4. The molecule has 3 fully saturated rings. The summed E-state index contributed by atoms with van der Waals surface area (Å²) in [5, 5.41) is 17.3. The Hall–Kier alpha value is -5.09. The van der Waals surface area contributed by atoms with E-state index in [-0.39, 0.29) is 62.5 Å². The molecule has 71 heavy (non-hydrogen) atoms. The van der Waals surface area contributed by atoms with Gasteiger partial charge in [-0.05, 0) is 115 Å². The second kappa shape index (κ2) is 22.4. The first-order chi connectivity index (χ1) is 33.6. The number of carbonyl (C=O) groups excluding carboxylic acids is 4. The van der Waals surface area contributed by atoms with E-state index in [1.165, 1.54) is 5.01 Å². The standard InChI is InChI=1S/C54H78N8O9/c1-12-61-45-17-16-37-29-41(45)42(48(61)40-15-13-23-55-47(40)36(4)68-11)31-52(5,6)34-71-51(66)54(67)21-14-24-62(57-54)50(65)44(30-39-32-60(37)27-28-69-39)56-49(64)43(35(2)3)33-70-38-19-25-59(26-20-38)46(63)18-22-53(7,8)58(9)10/h13,15-17,23,29,35-36,38-39,43-44,57,67H,12,14,19-21,24-28,30-34H2,1-11H3,(H,56,64)/t36-,39-,43-,44-,54-/m0/s1. The van der Waals surface area contributed by atoms with Gasteiger partial charge in [-0.25, -0.2) is 4.79 Å². The number of hydrogen-bond donors (Lipinski definition) is 3. The van der Waals surface area contributed by atoms with Crippen molar-refractivity contribution in [2.75, 3.05) is 78.6 Å². The number of aliphatic hydroxyl groups is 1. The SMILES string of the molecule is CCn1c(-c2cccnc2[C@H](C)OC)c2c3cc(ccc31)N1CCO[C@@H](C[C@H](NC(=O)[C@@H](COC3CCN(C(=O)C#CC(C)(C)N(C)C)CC3)C(C)C)C(=O)N3CCC[C@@](O)(N3)C(=O)OCC(C)(C)C2)C1. The first kappa shape index (κ1) is 53.7. The highest BCUT2D eigenvalue weighted by molar-refractivity contribution is 5.95. The molecule has 3 saturated heterocycles. The van der Waals surface area contributed by atoms with E-state index in [1.54, 1.807) is 18.2 Å². The molecule has 3 N–H and O–H groups in total. The van der Waals surface area contributed by atoms with Gasteiger partial charge in [0, 0.05) is 93.0 Å². The Morgan fingerprint density at radius 1 is 1.10 bits per heavy atom. The number of esters is 1. The van der Waals surface area contributed by atoms with Gasteiger partial charge in [-0.1, -0.05) is 33.6 Å². The van der Waals surface area contributed by atoms with E-state index >= 15 is 0 Å². The van der Waals surface area contributed by atoms with Crippen LogP contribution in [-0.4, -0.2) is 156 Å². The fourth-order valence-electron chi connectivity index (χ4n) is 10.0. The topological polar surface area (TPSA) is 180 Å². The molecule has 2 aromatic heterocycles. The van der Waals surface area contributed by atoms with E-state index in [2.05, 4.69) is 63.2 Å². The number of hydrazine groups is 1. The quantitative estimate of drug-likeness (QED) is 0.171. The van der Waals surface area contributed by atoms with E-state index < -0.39 is 46.6 Å². The zero-order valence-electron chi connectivity index (χ0n) is 43.9. The maximum Gasteiger partial charge on any atom is 0.355 e. The predicted molar refractivity (Wildman–Crippen MR) is 272 cm³/mol. The molecule has 0 spiro atoms. The lowest BCUT2D eigenvalue weighted by molar-refractivity contribution is -0.189. The van der Waals surface area contributed by atoms with E-state index in [9.17, 15) is 24.3 Å². The monoisotopic (exact) mass is 983 g/mol. The van der Waals surface area contributed by atoms with Gasteiger partial charge in [0.15, 0.2) is 0 Å². The Bertz CT molecular complexity index is 2470. The molecule has 7 rings (SSSR count). The first-order valence-electron chi connectivity index (χ1n) is 25.5. The number of anilines is 1. The smallest absolute Gasteiger partial charge is 0.355 e. The molecule has 3 amide bonds. The molecule has 3 aromatic rings. The summed E-state index contributed by atoms with van der Waals surface area (Å²) in [6.07, 6.45) is 3.09. The van der Waals surface area contributed by atoms with Crippen LogP contribution in [0.3, 0.4) is 0 Å². The maximum atomic E-state index is 14.7. The number of aryl methyl sites for hydroxylation is 1. The summed E-state index contributed by atoms with van der Waals surface area (Å²) in [6, 6.07) is 9.48. The lowest BCUT2D eigenvalue weighted by atomic mass is 9.84. The van der Waals surface area contributed by atoms with Gasteiger partial charge in [-0.2, -0.15) is 5.43 Å². The van der Waals surface area contributed by atoms with Crippen molar-refractivity contribution in [2.24, 2.45) is 17.3 Å². The maximum absolute atomic E-state index is 14.7. The average Bonchev–Trinajstić information content (AvgIpc) is 3.65. The molecule has 6 bridgehead atoms. The Morgan fingerprint density at radius 2 is 1.85 bits per heavy atom. The number of hydrogen-bond acceptors (Lipinski definition) is 13. The van der Waals surface area contributed by atoms with Crippen LogP contribution in [0, 0.1) is 29.1 Å². The van der Waals surface area contributed by atoms with Crippen molar-refractivity contribution < 1.29 is 43.2 Å². The Morgan fingerprint density at radius 3 is 2.54 bits per heavy atom. The fourth-order valence-corrected chi connectivity index (χ4v) is 10.0. The van der Waals surface area contributed by atoms with E-state index in [1.807, 2.05) is 73.5 Å². The number of nitrogens with one attached hydrogen (secondary N) is 2. The van der Waals surface area contributed by atoms with E-state index in [0.717, 1.165) is 39.1 Å². The molecule has 0 saturated carbocycles. The van der Waals surface area contributed by atoms with Crippen molar-refractivity contribution in [1.29, 1.82) is 0 Å². The van der Waals surface area contributed by atoms with Gasteiger partial charge < -0.3 is 43.7 Å². The number of fused-ring (bicyclic) bond motifs is 6. The first-order valence-corrected chi connectivity index (χ1v) is 25.5.